The van der Waals surface area contributed by atoms with E-state index in [1.54, 1.807) is 27.8 Å². The number of nitrogens with zero attached hydrogens (tertiary/aromatic N) is 2. The number of morpholine rings is 1. The highest BCUT2D eigenvalue weighted by molar-refractivity contribution is 6.45. The monoisotopic (exact) mass is 355 g/mol. The Morgan fingerprint density at radius 3 is 2.65 bits per heavy atom. The molecule has 1 aromatic carbocycles. The van der Waals surface area contributed by atoms with E-state index in [0.717, 1.165) is 5.52 Å². The fourth-order valence-electron chi connectivity index (χ4n) is 2.98. The number of fused-ring (bicyclic) bond motifs is 1. The van der Waals surface area contributed by atoms with E-state index in [1.807, 2.05) is 12.1 Å². The predicted octanol–water partition coefficient (Wildman–Crippen LogP) is 0.985. The van der Waals surface area contributed by atoms with Gasteiger partial charge in [-0.05, 0) is 6.07 Å². The van der Waals surface area contributed by atoms with E-state index >= 15 is 0 Å². The molecule has 7 nitrogen and oxygen atoms in total. The maximum Gasteiger partial charge on any atom is 0.292 e. The number of para-hydroxylation sites is 1. The molecular weight excluding hydrogens is 334 g/mol. The molecular formula is C19H21N3O4. The first-order valence-electron chi connectivity index (χ1n) is 8.48. The summed E-state index contributed by atoms with van der Waals surface area (Å²) in [5, 5.41) is 3.15. The summed E-state index contributed by atoms with van der Waals surface area (Å²) in [6.07, 6.45) is 3.09. The number of benzene rings is 1. The third-order valence-electron chi connectivity index (χ3n) is 4.32. The van der Waals surface area contributed by atoms with Crippen molar-refractivity contribution >= 4 is 28.5 Å². The second kappa shape index (κ2) is 7.97. The molecule has 0 radical (unpaired) electrons. The van der Waals surface area contributed by atoms with E-state index in [1.165, 1.54) is 6.08 Å². The average Bonchev–Trinajstić information content (AvgIpc) is 3.04. The van der Waals surface area contributed by atoms with Crippen LogP contribution in [0, 0.1) is 0 Å². The normalized spacial score (nSPS) is 14.2. The molecule has 1 aromatic heterocycles. The number of ketones is 1. The molecule has 0 aliphatic carbocycles. The molecule has 7 heteroatoms. The number of carbonyl (C=O) groups is 3. The summed E-state index contributed by atoms with van der Waals surface area (Å²) in [6.45, 7) is 6.04. The highest BCUT2D eigenvalue weighted by atomic mass is 16.5. The fourth-order valence-corrected chi connectivity index (χ4v) is 2.98. The minimum atomic E-state index is -0.688. The van der Waals surface area contributed by atoms with Crippen molar-refractivity contribution in [3.8, 4) is 0 Å². The van der Waals surface area contributed by atoms with Gasteiger partial charge in [-0.25, -0.2) is 0 Å². The summed E-state index contributed by atoms with van der Waals surface area (Å²) in [4.78, 5) is 38.8. The second-order valence-corrected chi connectivity index (χ2v) is 6.01. The molecule has 1 aliphatic rings. The Kier molecular flexibility index (Phi) is 5.48. The van der Waals surface area contributed by atoms with Gasteiger partial charge in [0.25, 0.3) is 11.7 Å². The lowest BCUT2D eigenvalue weighted by Crippen LogP contribution is -2.42. The lowest BCUT2D eigenvalue weighted by atomic mass is 10.1. The molecule has 0 unspecified atom stereocenters. The van der Waals surface area contributed by atoms with E-state index in [-0.39, 0.29) is 24.6 Å². The highest BCUT2D eigenvalue weighted by Gasteiger charge is 2.23. The molecule has 1 aliphatic heterocycles. The Hall–Kier alpha value is -2.93. The van der Waals surface area contributed by atoms with Crippen LogP contribution in [0.2, 0.25) is 0 Å². The lowest BCUT2D eigenvalue weighted by Gasteiger charge is -2.27. The van der Waals surface area contributed by atoms with Gasteiger partial charge in [0.05, 0.1) is 18.8 Å². The Morgan fingerprint density at radius 1 is 1.19 bits per heavy atom. The Morgan fingerprint density at radius 2 is 1.92 bits per heavy atom. The molecule has 1 fully saturated rings. The van der Waals surface area contributed by atoms with Gasteiger partial charge in [-0.1, -0.05) is 24.3 Å². The number of aromatic nitrogens is 1. The molecule has 1 saturated heterocycles. The highest BCUT2D eigenvalue weighted by Crippen LogP contribution is 2.22. The van der Waals surface area contributed by atoms with Crippen LogP contribution in [0.4, 0.5) is 0 Å². The van der Waals surface area contributed by atoms with Gasteiger partial charge in [0.2, 0.25) is 5.91 Å². The summed E-state index contributed by atoms with van der Waals surface area (Å²) < 4.78 is 6.99. The van der Waals surface area contributed by atoms with Gasteiger partial charge < -0.3 is 19.5 Å². The minimum Gasteiger partial charge on any atom is -0.378 e. The maximum atomic E-state index is 12.5. The van der Waals surface area contributed by atoms with E-state index in [0.29, 0.717) is 31.7 Å². The number of carbonyl (C=O) groups excluding carboxylic acids is 3. The number of hydrogen-bond acceptors (Lipinski definition) is 4. The minimum absolute atomic E-state index is 0.0378. The summed E-state index contributed by atoms with van der Waals surface area (Å²) in [7, 11) is 0. The van der Waals surface area contributed by atoms with Gasteiger partial charge in [-0.3, -0.25) is 14.4 Å². The first-order valence-corrected chi connectivity index (χ1v) is 8.48. The zero-order chi connectivity index (χ0) is 18.5. The van der Waals surface area contributed by atoms with Crippen molar-refractivity contribution in [2.45, 2.75) is 6.54 Å². The maximum absolute atomic E-state index is 12.5. The van der Waals surface area contributed by atoms with Crippen LogP contribution in [0.5, 0.6) is 0 Å². The molecule has 0 spiro atoms. The van der Waals surface area contributed by atoms with E-state index in [2.05, 4.69) is 11.9 Å². The number of Topliss-reactive ketones (excluding diaryl/α,β-unsaturated/α-hetero) is 1. The third kappa shape index (κ3) is 3.67. The van der Waals surface area contributed by atoms with Crippen molar-refractivity contribution in [2.24, 2.45) is 0 Å². The summed E-state index contributed by atoms with van der Waals surface area (Å²) in [5.74, 6) is -1.35. The van der Waals surface area contributed by atoms with Crippen LogP contribution >= 0.6 is 0 Å². The second-order valence-electron chi connectivity index (χ2n) is 6.01. The SMILES string of the molecule is C=CCNC(=O)C(=O)c1cn(CC(=O)N2CCOCC2)c2ccccc12. The Balaban J connectivity index is 1.87. The van der Waals surface area contributed by atoms with Crippen molar-refractivity contribution in [2.75, 3.05) is 32.8 Å². The van der Waals surface area contributed by atoms with Crippen LogP contribution in [0.3, 0.4) is 0 Å². The van der Waals surface area contributed by atoms with Crippen molar-refractivity contribution in [1.29, 1.82) is 0 Å². The van der Waals surface area contributed by atoms with Gasteiger partial charge >= 0.3 is 0 Å². The lowest BCUT2D eigenvalue weighted by molar-refractivity contribution is -0.135. The van der Waals surface area contributed by atoms with Crippen LogP contribution in [0.1, 0.15) is 10.4 Å². The summed E-state index contributed by atoms with van der Waals surface area (Å²) in [6, 6.07) is 7.25. The van der Waals surface area contributed by atoms with Crippen LogP contribution in [-0.2, 0) is 20.9 Å². The zero-order valence-corrected chi connectivity index (χ0v) is 14.4. The molecule has 26 heavy (non-hydrogen) atoms. The largest absolute Gasteiger partial charge is 0.378 e. The molecule has 0 saturated carbocycles. The van der Waals surface area contributed by atoms with Gasteiger partial charge in [-0.2, -0.15) is 0 Å². The molecule has 1 N–H and O–H groups in total. The molecule has 0 bridgehead atoms. The number of rotatable bonds is 6. The van der Waals surface area contributed by atoms with Crippen LogP contribution in [-0.4, -0.2) is 59.9 Å². The molecule has 0 atom stereocenters. The topological polar surface area (TPSA) is 80.6 Å². The number of hydrogen-bond donors (Lipinski definition) is 1. The van der Waals surface area contributed by atoms with Gasteiger partial charge in [0.15, 0.2) is 0 Å². The fraction of sp³-hybridized carbons (Fsp3) is 0.316. The van der Waals surface area contributed by atoms with Crippen molar-refractivity contribution in [3.63, 3.8) is 0 Å². The Labute approximate surface area is 151 Å². The number of nitrogens with one attached hydrogen (secondary N) is 1. The summed E-state index contributed by atoms with van der Waals surface area (Å²) >= 11 is 0. The average molecular weight is 355 g/mol. The van der Waals surface area contributed by atoms with Gasteiger partial charge in [0.1, 0.15) is 6.54 Å². The van der Waals surface area contributed by atoms with Gasteiger partial charge in [-0.15, -0.1) is 6.58 Å². The zero-order valence-electron chi connectivity index (χ0n) is 14.4. The number of ether oxygens (including phenoxy) is 1. The predicted molar refractivity (Wildman–Crippen MR) is 96.9 cm³/mol. The van der Waals surface area contributed by atoms with E-state index in [4.69, 9.17) is 4.74 Å². The molecule has 2 heterocycles. The Bertz CT molecular complexity index is 850. The molecule has 136 valence electrons. The standard InChI is InChI=1S/C19H21N3O4/c1-2-7-20-19(25)18(24)15-12-22(16-6-4-3-5-14(15)16)13-17(23)21-8-10-26-11-9-21/h2-6,12H,1,7-11,13H2,(H,20,25). The quantitative estimate of drug-likeness (QED) is 0.476. The van der Waals surface area contributed by atoms with E-state index < -0.39 is 11.7 Å². The smallest absolute Gasteiger partial charge is 0.292 e. The third-order valence-corrected chi connectivity index (χ3v) is 4.32. The first-order chi connectivity index (χ1) is 12.6. The molecule has 2 amide bonds. The van der Waals surface area contributed by atoms with Crippen LogP contribution in [0.25, 0.3) is 10.9 Å². The molecule has 2 aromatic rings. The first kappa shape index (κ1) is 17.9. The molecule has 3 rings (SSSR count). The van der Waals surface area contributed by atoms with Crippen LogP contribution < -0.4 is 5.32 Å². The van der Waals surface area contributed by atoms with Crippen molar-refractivity contribution in [3.05, 3.63) is 48.7 Å². The van der Waals surface area contributed by atoms with Crippen LogP contribution in [0.15, 0.2) is 43.1 Å². The van der Waals surface area contributed by atoms with Crippen molar-refractivity contribution < 1.29 is 19.1 Å². The van der Waals surface area contributed by atoms with Gasteiger partial charge in [0, 0.05) is 36.7 Å². The van der Waals surface area contributed by atoms with E-state index in [9.17, 15) is 14.4 Å². The van der Waals surface area contributed by atoms with Crippen molar-refractivity contribution in [1.82, 2.24) is 14.8 Å². The number of amides is 2. The summed E-state index contributed by atoms with van der Waals surface area (Å²) in [5.41, 5.74) is 1.03.